The molecule has 0 amide bonds. The third kappa shape index (κ3) is 5.09. The van der Waals surface area contributed by atoms with Crippen molar-refractivity contribution in [3.05, 3.63) is 69.8 Å². The van der Waals surface area contributed by atoms with Crippen LogP contribution in [0.4, 0.5) is 11.4 Å². The largest absolute Gasteiger partial charge is 0.369 e. The van der Waals surface area contributed by atoms with Gasteiger partial charge in [0.1, 0.15) is 0 Å². The maximum atomic E-state index is 6.35. The molecule has 158 valence electrons. The zero-order chi connectivity index (χ0) is 21.1. The van der Waals surface area contributed by atoms with Crippen LogP contribution >= 0.6 is 23.2 Å². The smallest absolute Gasteiger partial charge is 0.200 e. The predicted molar refractivity (Wildman–Crippen MR) is 128 cm³/mol. The Hall–Kier alpha value is -2.21. The van der Waals surface area contributed by atoms with Crippen molar-refractivity contribution in [1.29, 1.82) is 0 Å². The number of guanidine groups is 1. The van der Waals surface area contributed by atoms with Crippen LogP contribution in [0.2, 0.25) is 10.0 Å². The van der Waals surface area contributed by atoms with Gasteiger partial charge in [-0.2, -0.15) is 0 Å². The van der Waals surface area contributed by atoms with E-state index in [-0.39, 0.29) is 6.04 Å². The summed E-state index contributed by atoms with van der Waals surface area (Å²) in [6.45, 7) is 6.36. The van der Waals surface area contributed by atoms with Gasteiger partial charge in [0.05, 0.1) is 6.04 Å². The molecule has 4 rings (SSSR count). The lowest BCUT2D eigenvalue weighted by Crippen LogP contribution is -2.44. The average molecular weight is 444 g/mol. The number of nitrogens with one attached hydrogen (secondary N) is 2. The quantitative estimate of drug-likeness (QED) is 0.722. The molecule has 0 bridgehead atoms. The van der Waals surface area contributed by atoms with Crippen molar-refractivity contribution >= 4 is 40.5 Å². The summed E-state index contributed by atoms with van der Waals surface area (Å²) in [4.78, 5) is 9.60. The van der Waals surface area contributed by atoms with Crippen molar-refractivity contribution < 1.29 is 0 Å². The van der Waals surface area contributed by atoms with Gasteiger partial charge in [-0.25, -0.2) is 4.99 Å². The fraction of sp³-hybridized carbons (Fsp3) is 0.348. The number of aliphatic imine (C=N–C) groups is 1. The van der Waals surface area contributed by atoms with Crippen LogP contribution in [0.3, 0.4) is 0 Å². The second kappa shape index (κ2) is 9.29. The van der Waals surface area contributed by atoms with E-state index >= 15 is 0 Å². The van der Waals surface area contributed by atoms with Crippen LogP contribution in [0.15, 0.2) is 59.2 Å². The maximum absolute atomic E-state index is 6.35. The standard InChI is InChI=1S/C23H27Cl2N5/c1-16-14-18(15-20-21(24)4-3-5-22(20)25)28-23(26-16)27-17-6-8-19(9-7-17)30-12-10-29(2)11-13-30/h3-9,14,18H,10-13,15H2,1-2H3,(H2,26,27,28). The summed E-state index contributed by atoms with van der Waals surface area (Å²) in [5.41, 5.74) is 4.24. The molecule has 0 aromatic heterocycles. The van der Waals surface area contributed by atoms with Crippen LogP contribution in [0.1, 0.15) is 12.5 Å². The lowest BCUT2D eigenvalue weighted by Gasteiger charge is -2.34. The Labute approximate surface area is 188 Å². The van der Waals surface area contributed by atoms with E-state index in [0.717, 1.165) is 49.1 Å². The summed E-state index contributed by atoms with van der Waals surface area (Å²) in [5.74, 6) is 0.732. The molecule has 0 aliphatic carbocycles. The number of rotatable bonds is 4. The van der Waals surface area contributed by atoms with Gasteiger partial charge >= 0.3 is 0 Å². The summed E-state index contributed by atoms with van der Waals surface area (Å²) in [6, 6.07) is 14.1. The molecule has 2 N–H and O–H groups in total. The minimum Gasteiger partial charge on any atom is -0.369 e. The van der Waals surface area contributed by atoms with Crippen molar-refractivity contribution in [2.24, 2.45) is 4.99 Å². The van der Waals surface area contributed by atoms with Gasteiger partial charge in [-0.15, -0.1) is 0 Å². The molecule has 2 heterocycles. The summed E-state index contributed by atoms with van der Waals surface area (Å²) < 4.78 is 0. The normalized spacial score (nSPS) is 19.7. The highest BCUT2D eigenvalue weighted by Gasteiger charge is 2.18. The van der Waals surface area contributed by atoms with E-state index < -0.39 is 0 Å². The summed E-state index contributed by atoms with van der Waals surface area (Å²) in [6.07, 6.45) is 2.76. The van der Waals surface area contributed by atoms with E-state index in [1.54, 1.807) is 0 Å². The number of piperazine rings is 1. The first-order valence-corrected chi connectivity index (χ1v) is 11.0. The fourth-order valence-electron chi connectivity index (χ4n) is 3.81. The van der Waals surface area contributed by atoms with E-state index in [1.807, 2.05) is 25.1 Å². The Morgan fingerprint density at radius 2 is 1.70 bits per heavy atom. The van der Waals surface area contributed by atoms with Crippen molar-refractivity contribution in [3.8, 4) is 0 Å². The number of anilines is 2. The minimum atomic E-state index is -0.0317. The Kier molecular flexibility index (Phi) is 6.52. The number of allylic oxidation sites excluding steroid dienone is 1. The SMILES string of the molecule is CC1=CC(Cc2c(Cl)cccc2Cl)N=C(Nc2ccc(N3CCN(C)CC3)cc2)N1. The topological polar surface area (TPSA) is 42.9 Å². The van der Waals surface area contributed by atoms with Crippen molar-refractivity contribution in [2.45, 2.75) is 19.4 Å². The monoisotopic (exact) mass is 443 g/mol. The van der Waals surface area contributed by atoms with Crippen LogP contribution < -0.4 is 15.5 Å². The molecule has 2 aliphatic rings. The van der Waals surface area contributed by atoms with E-state index in [0.29, 0.717) is 16.5 Å². The van der Waals surface area contributed by atoms with Gasteiger partial charge in [-0.3, -0.25) is 0 Å². The molecule has 30 heavy (non-hydrogen) atoms. The van der Waals surface area contributed by atoms with Gasteiger partial charge in [-0.1, -0.05) is 29.3 Å². The number of nitrogens with zero attached hydrogens (tertiary/aromatic N) is 3. The number of hydrogen-bond acceptors (Lipinski definition) is 5. The zero-order valence-corrected chi connectivity index (χ0v) is 18.8. The van der Waals surface area contributed by atoms with Gasteiger partial charge in [0.25, 0.3) is 0 Å². The molecule has 0 saturated carbocycles. The van der Waals surface area contributed by atoms with Gasteiger partial charge in [0.2, 0.25) is 5.96 Å². The number of halogens is 2. The molecule has 1 fully saturated rings. The second-order valence-electron chi connectivity index (χ2n) is 7.89. The summed E-state index contributed by atoms with van der Waals surface area (Å²) in [5, 5.41) is 8.06. The predicted octanol–water partition coefficient (Wildman–Crippen LogP) is 4.63. The van der Waals surface area contributed by atoms with Gasteiger partial charge in [-0.05, 0) is 62.0 Å². The highest BCUT2D eigenvalue weighted by molar-refractivity contribution is 6.36. The molecule has 0 radical (unpaired) electrons. The molecule has 7 heteroatoms. The van der Waals surface area contributed by atoms with E-state index in [4.69, 9.17) is 28.2 Å². The molecule has 5 nitrogen and oxygen atoms in total. The zero-order valence-electron chi connectivity index (χ0n) is 17.3. The molecule has 1 atom stereocenters. The Morgan fingerprint density at radius 3 is 2.37 bits per heavy atom. The first kappa shape index (κ1) is 21.0. The van der Waals surface area contributed by atoms with Crippen LogP contribution in [-0.4, -0.2) is 50.1 Å². The van der Waals surface area contributed by atoms with Crippen molar-refractivity contribution in [1.82, 2.24) is 10.2 Å². The molecule has 2 aliphatic heterocycles. The van der Waals surface area contributed by atoms with E-state index in [2.05, 4.69) is 57.8 Å². The van der Waals surface area contributed by atoms with Crippen molar-refractivity contribution in [2.75, 3.05) is 43.4 Å². The maximum Gasteiger partial charge on any atom is 0.200 e. The number of benzene rings is 2. The molecule has 1 unspecified atom stereocenters. The van der Waals surface area contributed by atoms with Crippen LogP contribution in [0.25, 0.3) is 0 Å². The highest BCUT2D eigenvalue weighted by Crippen LogP contribution is 2.27. The lowest BCUT2D eigenvalue weighted by atomic mass is 10.0. The second-order valence-corrected chi connectivity index (χ2v) is 8.70. The van der Waals surface area contributed by atoms with E-state index in [1.165, 1.54) is 5.69 Å². The third-order valence-electron chi connectivity index (χ3n) is 5.53. The molecule has 0 spiro atoms. The summed E-state index contributed by atoms with van der Waals surface area (Å²) >= 11 is 12.7. The van der Waals surface area contributed by atoms with Crippen LogP contribution in [0, 0.1) is 0 Å². The number of likely N-dealkylation sites (N-methyl/N-ethyl adjacent to an activating group) is 1. The minimum absolute atomic E-state index is 0.0317. The fourth-order valence-corrected chi connectivity index (χ4v) is 4.37. The van der Waals surface area contributed by atoms with Crippen LogP contribution in [0.5, 0.6) is 0 Å². The Bertz CT molecular complexity index is 926. The van der Waals surface area contributed by atoms with Gasteiger partial charge in [0.15, 0.2) is 0 Å². The summed E-state index contributed by atoms with van der Waals surface area (Å²) in [7, 11) is 2.17. The molecule has 2 aromatic rings. The molecule has 1 saturated heterocycles. The first-order valence-electron chi connectivity index (χ1n) is 10.2. The Morgan fingerprint density at radius 1 is 1.03 bits per heavy atom. The first-order chi connectivity index (χ1) is 14.5. The molecular weight excluding hydrogens is 417 g/mol. The highest BCUT2D eigenvalue weighted by atomic mass is 35.5. The molecular formula is C23H27Cl2N5. The van der Waals surface area contributed by atoms with Crippen LogP contribution in [-0.2, 0) is 6.42 Å². The number of hydrogen-bond donors (Lipinski definition) is 2. The van der Waals surface area contributed by atoms with Gasteiger partial charge in [0, 0.05) is 59.7 Å². The van der Waals surface area contributed by atoms with Gasteiger partial charge < -0.3 is 20.4 Å². The molecule has 2 aromatic carbocycles. The van der Waals surface area contributed by atoms with E-state index in [9.17, 15) is 0 Å². The Balaban J connectivity index is 1.43. The third-order valence-corrected chi connectivity index (χ3v) is 6.23. The van der Waals surface area contributed by atoms with Crippen molar-refractivity contribution in [3.63, 3.8) is 0 Å². The lowest BCUT2D eigenvalue weighted by molar-refractivity contribution is 0.313. The average Bonchev–Trinajstić information content (AvgIpc) is 2.72.